The van der Waals surface area contributed by atoms with Crippen LogP contribution in [0.4, 0.5) is 0 Å². The number of aromatic nitrogens is 3. The van der Waals surface area contributed by atoms with E-state index in [0.717, 1.165) is 11.1 Å². The Kier molecular flexibility index (Phi) is 4.75. The van der Waals surface area contributed by atoms with Crippen molar-refractivity contribution in [3.8, 4) is 0 Å². The summed E-state index contributed by atoms with van der Waals surface area (Å²) in [5, 5.41) is 8.42. The van der Waals surface area contributed by atoms with Gasteiger partial charge in [0, 0.05) is 13.1 Å². The third-order valence-electron chi connectivity index (χ3n) is 4.52. The van der Waals surface area contributed by atoms with Crippen molar-refractivity contribution in [3.05, 3.63) is 83.7 Å². The lowest BCUT2D eigenvalue weighted by Gasteiger charge is -2.25. The van der Waals surface area contributed by atoms with Gasteiger partial charge in [-0.15, -0.1) is 5.10 Å². The smallest absolute Gasteiger partial charge is 0.276 e. The monoisotopic (exact) mass is 348 g/mol. The van der Waals surface area contributed by atoms with Gasteiger partial charge < -0.3 is 9.64 Å². The minimum Gasteiger partial charge on any atom is -0.378 e. The van der Waals surface area contributed by atoms with Crippen LogP contribution in [0.15, 0.2) is 66.9 Å². The van der Waals surface area contributed by atoms with Crippen LogP contribution in [-0.4, -0.2) is 52.1 Å². The SMILES string of the molecule is O=C(c1cn(C(c2ccccc2)c2ccccc2)nn1)N1CCOCC1. The van der Waals surface area contributed by atoms with Crippen LogP contribution in [0.5, 0.6) is 0 Å². The lowest BCUT2D eigenvalue weighted by Crippen LogP contribution is -2.40. The molecular formula is C20H20N4O2. The van der Waals surface area contributed by atoms with E-state index in [1.54, 1.807) is 15.8 Å². The molecule has 0 N–H and O–H groups in total. The van der Waals surface area contributed by atoms with Gasteiger partial charge in [-0.3, -0.25) is 4.79 Å². The van der Waals surface area contributed by atoms with Crippen LogP contribution in [0.3, 0.4) is 0 Å². The summed E-state index contributed by atoms with van der Waals surface area (Å²) in [7, 11) is 0. The predicted molar refractivity (Wildman–Crippen MR) is 96.9 cm³/mol. The Hall–Kier alpha value is -2.99. The van der Waals surface area contributed by atoms with Crippen LogP contribution < -0.4 is 0 Å². The number of morpholine rings is 1. The van der Waals surface area contributed by atoms with Crippen LogP contribution >= 0.6 is 0 Å². The predicted octanol–water partition coefficient (Wildman–Crippen LogP) is 2.39. The average molecular weight is 348 g/mol. The van der Waals surface area contributed by atoms with Crippen molar-refractivity contribution in [1.29, 1.82) is 0 Å². The molecule has 0 spiro atoms. The maximum Gasteiger partial charge on any atom is 0.276 e. The second-order valence-corrected chi connectivity index (χ2v) is 6.21. The van der Waals surface area contributed by atoms with Crippen molar-refractivity contribution in [1.82, 2.24) is 19.9 Å². The van der Waals surface area contributed by atoms with E-state index in [1.165, 1.54) is 0 Å². The fourth-order valence-corrected chi connectivity index (χ4v) is 3.20. The summed E-state index contributed by atoms with van der Waals surface area (Å²) in [6, 6.07) is 20.1. The summed E-state index contributed by atoms with van der Waals surface area (Å²) in [4.78, 5) is 14.4. The lowest BCUT2D eigenvalue weighted by molar-refractivity contribution is 0.0299. The van der Waals surface area contributed by atoms with Crippen LogP contribution in [-0.2, 0) is 4.74 Å². The molecule has 0 saturated carbocycles. The van der Waals surface area contributed by atoms with E-state index in [4.69, 9.17) is 4.74 Å². The van der Waals surface area contributed by atoms with Gasteiger partial charge >= 0.3 is 0 Å². The first kappa shape index (κ1) is 16.5. The molecule has 4 rings (SSSR count). The lowest BCUT2D eigenvalue weighted by atomic mass is 9.99. The largest absolute Gasteiger partial charge is 0.378 e. The molecule has 6 heteroatoms. The summed E-state index contributed by atoms with van der Waals surface area (Å²) in [5.74, 6) is -0.0978. The molecule has 1 aromatic heterocycles. The van der Waals surface area contributed by atoms with Crippen molar-refractivity contribution in [2.75, 3.05) is 26.3 Å². The highest BCUT2D eigenvalue weighted by molar-refractivity contribution is 5.92. The van der Waals surface area contributed by atoms with Crippen LogP contribution in [0.2, 0.25) is 0 Å². The van der Waals surface area contributed by atoms with Gasteiger partial charge in [0.15, 0.2) is 5.69 Å². The van der Waals surface area contributed by atoms with Gasteiger partial charge in [0.25, 0.3) is 5.91 Å². The maximum absolute atomic E-state index is 12.7. The second kappa shape index (κ2) is 7.49. The molecule has 2 heterocycles. The maximum atomic E-state index is 12.7. The van der Waals surface area contributed by atoms with E-state index in [9.17, 15) is 4.79 Å². The number of amides is 1. The Morgan fingerprint density at radius 3 is 2.08 bits per heavy atom. The molecule has 1 aliphatic rings. The standard InChI is InChI=1S/C20H20N4O2/c25-20(23-11-13-26-14-12-23)18-15-24(22-21-18)19(16-7-3-1-4-8-16)17-9-5-2-6-10-17/h1-10,15,19H,11-14H2. The molecular weight excluding hydrogens is 328 g/mol. The first-order valence-corrected chi connectivity index (χ1v) is 8.71. The van der Waals surface area contributed by atoms with Crippen molar-refractivity contribution < 1.29 is 9.53 Å². The molecule has 1 amide bonds. The zero-order chi connectivity index (χ0) is 17.8. The quantitative estimate of drug-likeness (QED) is 0.726. The number of rotatable bonds is 4. The molecule has 0 bridgehead atoms. The van der Waals surface area contributed by atoms with Gasteiger partial charge in [0.05, 0.1) is 19.4 Å². The number of benzene rings is 2. The normalized spacial score (nSPS) is 14.6. The van der Waals surface area contributed by atoms with E-state index >= 15 is 0 Å². The summed E-state index contributed by atoms with van der Waals surface area (Å²) >= 11 is 0. The third-order valence-corrected chi connectivity index (χ3v) is 4.52. The molecule has 2 aromatic carbocycles. The second-order valence-electron chi connectivity index (χ2n) is 6.21. The number of hydrogen-bond acceptors (Lipinski definition) is 4. The number of ether oxygens (including phenoxy) is 1. The van der Waals surface area contributed by atoms with Gasteiger partial charge in [-0.1, -0.05) is 65.9 Å². The Balaban J connectivity index is 1.67. The average Bonchev–Trinajstić information content (AvgIpc) is 3.19. The molecule has 1 fully saturated rings. The molecule has 132 valence electrons. The highest BCUT2D eigenvalue weighted by atomic mass is 16.5. The van der Waals surface area contributed by atoms with E-state index in [-0.39, 0.29) is 11.9 Å². The third kappa shape index (κ3) is 3.36. The summed E-state index contributed by atoms with van der Waals surface area (Å²) in [6.45, 7) is 2.31. The Morgan fingerprint density at radius 1 is 0.923 bits per heavy atom. The van der Waals surface area contributed by atoms with Crippen LogP contribution in [0.1, 0.15) is 27.7 Å². The molecule has 0 radical (unpaired) electrons. The fraction of sp³-hybridized carbons (Fsp3) is 0.250. The van der Waals surface area contributed by atoms with Crippen molar-refractivity contribution in [2.24, 2.45) is 0 Å². The van der Waals surface area contributed by atoms with Crippen molar-refractivity contribution in [3.63, 3.8) is 0 Å². The molecule has 3 aromatic rings. The summed E-state index contributed by atoms with van der Waals surface area (Å²) in [5.41, 5.74) is 2.55. The topological polar surface area (TPSA) is 60.2 Å². The minimum atomic E-state index is -0.129. The highest BCUT2D eigenvalue weighted by Gasteiger charge is 2.24. The fourth-order valence-electron chi connectivity index (χ4n) is 3.20. The first-order chi connectivity index (χ1) is 12.8. The molecule has 6 nitrogen and oxygen atoms in total. The van der Waals surface area contributed by atoms with E-state index in [0.29, 0.717) is 32.0 Å². The Bertz CT molecular complexity index is 818. The summed E-state index contributed by atoms with van der Waals surface area (Å²) < 4.78 is 7.07. The van der Waals surface area contributed by atoms with Crippen molar-refractivity contribution >= 4 is 5.91 Å². The van der Waals surface area contributed by atoms with Gasteiger partial charge in [-0.2, -0.15) is 0 Å². The molecule has 0 unspecified atom stereocenters. The number of carbonyl (C=O) groups is 1. The van der Waals surface area contributed by atoms with Gasteiger partial charge in [-0.05, 0) is 11.1 Å². The Labute approximate surface area is 152 Å². The van der Waals surface area contributed by atoms with Crippen LogP contribution in [0.25, 0.3) is 0 Å². The number of nitrogens with zero attached hydrogens (tertiary/aromatic N) is 4. The zero-order valence-electron chi connectivity index (χ0n) is 14.4. The molecule has 1 saturated heterocycles. The van der Waals surface area contributed by atoms with E-state index in [1.807, 2.05) is 36.4 Å². The number of carbonyl (C=O) groups excluding carboxylic acids is 1. The van der Waals surface area contributed by atoms with Gasteiger partial charge in [0.1, 0.15) is 6.04 Å². The van der Waals surface area contributed by atoms with Crippen molar-refractivity contribution in [2.45, 2.75) is 6.04 Å². The van der Waals surface area contributed by atoms with Gasteiger partial charge in [0.2, 0.25) is 0 Å². The van der Waals surface area contributed by atoms with E-state index < -0.39 is 0 Å². The zero-order valence-corrected chi connectivity index (χ0v) is 14.4. The Morgan fingerprint density at radius 2 is 1.50 bits per heavy atom. The molecule has 1 aliphatic heterocycles. The molecule has 0 aliphatic carbocycles. The summed E-state index contributed by atoms with van der Waals surface area (Å²) in [6.07, 6.45) is 1.74. The van der Waals surface area contributed by atoms with Gasteiger partial charge in [-0.25, -0.2) is 4.68 Å². The van der Waals surface area contributed by atoms with E-state index in [2.05, 4.69) is 34.6 Å². The minimum absolute atomic E-state index is 0.0978. The first-order valence-electron chi connectivity index (χ1n) is 8.71. The highest BCUT2D eigenvalue weighted by Crippen LogP contribution is 2.25. The molecule has 0 atom stereocenters. The van der Waals surface area contributed by atoms with Crippen LogP contribution in [0, 0.1) is 0 Å². The number of hydrogen-bond donors (Lipinski definition) is 0. The molecule has 26 heavy (non-hydrogen) atoms.